The molecule has 0 bridgehead atoms. The van der Waals surface area contributed by atoms with Crippen LogP contribution in [0.3, 0.4) is 0 Å². The van der Waals surface area contributed by atoms with Crippen LogP contribution >= 0.6 is 0 Å². The second-order valence-corrected chi connectivity index (χ2v) is 5.76. The van der Waals surface area contributed by atoms with Crippen molar-refractivity contribution in [2.24, 2.45) is 0 Å². The van der Waals surface area contributed by atoms with Gasteiger partial charge in [0.05, 0.1) is 12.2 Å². The molecule has 1 fully saturated rings. The van der Waals surface area contributed by atoms with Crippen LogP contribution in [-0.4, -0.2) is 23.3 Å². The van der Waals surface area contributed by atoms with Crippen LogP contribution in [0.5, 0.6) is 0 Å². The summed E-state index contributed by atoms with van der Waals surface area (Å²) in [6, 6.07) is 0. The van der Waals surface area contributed by atoms with E-state index < -0.39 is 5.97 Å². The zero-order chi connectivity index (χ0) is 16.8. The molecule has 128 valence electrons. The zero-order valence-electron chi connectivity index (χ0n) is 14.2. The summed E-state index contributed by atoms with van der Waals surface area (Å²) in [7, 11) is 0. The first-order chi connectivity index (χ1) is 11.2. The van der Waals surface area contributed by atoms with Gasteiger partial charge in [0.25, 0.3) is 0 Å². The number of allylic oxidation sites excluding steroid dienone is 7. The summed E-state index contributed by atoms with van der Waals surface area (Å²) in [6.07, 6.45) is 25.1. The number of hydrogen-bond donors (Lipinski definition) is 1. The molecule has 0 spiro atoms. The van der Waals surface area contributed by atoms with Crippen molar-refractivity contribution in [1.82, 2.24) is 0 Å². The van der Waals surface area contributed by atoms with Crippen molar-refractivity contribution in [1.29, 1.82) is 0 Å². The highest BCUT2D eigenvalue weighted by Gasteiger charge is 2.35. The van der Waals surface area contributed by atoms with Gasteiger partial charge in [-0.15, -0.1) is 0 Å². The van der Waals surface area contributed by atoms with Crippen LogP contribution < -0.4 is 0 Å². The molecule has 0 saturated carbocycles. The van der Waals surface area contributed by atoms with E-state index in [-0.39, 0.29) is 6.42 Å². The summed E-state index contributed by atoms with van der Waals surface area (Å²) in [6.45, 7) is 2.17. The van der Waals surface area contributed by atoms with E-state index in [0.29, 0.717) is 12.2 Å². The maximum atomic E-state index is 10.3. The van der Waals surface area contributed by atoms with Gasteiger partial charge in [0.1, 0.15) is 0 Å². The monoisotopic (exact) mass is 318 g/mol. The molecular formula is C20H30O3. The lowest BCUT2D eigenvalue weighted by molar-refractivity contribution is -0.137. The van der Waals surface area contributed by atoms with Gasteiger partial charge in [-0.1, -0.05) is 55.5 Å². The van der Waals surface area contributed by atoms with Gasteiger partial charge in [0.2, 0.25) is 0 Å². The molecular weight excluding hydrogens is 288 g/mol. The Labute approximate surface area is 140 Å². The van der Waals surface area contributed by atoms with Crippen molar-refractivity contribution in [3.8, 4) is 0 Å². The molecule has 1 heterocycles. The Morgan fingerprint density at radius 1 is 0.957 bits per heavy atom. The first-order valence-corrected chi connectivity index (χ1v) is 8.73. The molecule has 2 atom stereocenters. The van der Waals surface area contributed by atoms with Crippen molar-refractivity contribution in [2.75, 3.05) is 0 Å². The molecule has 1 rings (SSSR count). The van der Waals surface area contributed by atoms with Crippen LogP contribution in [0, 0.1) is 0 Å². The Hall–Kier alpha value is -1.61. The maximum absolute atomic E-state index is 10.3. The molecule has 2 unspecified atom stereocenters. The Bertz CT molecular complexity index is 432. The number of aliphatic carboxylic acids is 1. The molecule has 0 amide bonds. The van der Waals surface area contributed by atoms with Crippen LogP contribution in [-0.2, 0) is 9.53 Å². The minimum atomic E-state index is -0.718. The van der Waals surface area contributed by atoms with Crippen molar-refractivity contribution >= 4 is 5.97 Å². The largest absolute Gasteiger partial charge is 0.481 e. The number of unbranched alkanes of at least 4 members (excludes halogenated alkanes) is 2. The number of carbonyl (C=O) groups is 1. The van der Waals surface area contributed by atoms with Crippen LogP contribution in [0.1, 0.15) is 58.3 Å². The number of ether oxygens (including phenoxy) is 1. The van der Waals surface area contributed by atoms with E-state index in [2.05, 4.69) is 55.5 Å². The van der Waals surface area contributed by atoms with Gasteiger partial charge in [-0.2, -0.15) is 0 Å². The Morgan fingerprint density at radius 3 is 2.43 bits per heavy atom. The lowest BCUT2D eigenvalue weighted by Crippen LogP contribution is -1.92. The Morgan fingerprint density at radius 2 is 1.70 bits per heavy atom. The fraction of sp³-hybridized carbons (Fsp3) is 0.550. The third kappa shape index (κ3) is 11.6. The molecule has 1 saturated heterocycles. The summed E-state index contributed by atoms with van der Waals surface area (Å²) < 4.78 is 5.48. The molecule has 1 N–H and O–H groups in total. The molecule has 0 radical (unpaired) electrons. The van der Waals surface area contributed by atoms with E-state index in [1.807, 2.05) is 0 Å². The van der Waals surface area contributed by atoms with Crippen molar-refractivity contribution < 1.29 is 14.6 Å². The normalized spacial score (nSPS) is 21.3. The van der Waals surface area contributed by atoms with E-state index in [9.17, 15) is 4.79 Å². The van der Waals surface area contributed by atoms with Gasteiger partial charge < -0.3 is 9.84 Å². The van der Waals surface area contributed by atoms with E-state index >= 15 is 0 Å². The second-order valence-electron chi connectivity index (χ2n) is 5.76. The van der Waals surface area contributed by atoms with Gasteiger partial charge >= 0.3 is 5.97 Å². The number of hydrogen-bond acceptors (Lipinski definition) is 2. The van der Waals surface area contributed by atoms with Gasteiger partial charge in [0, 0.05) is 6.42 Å². The maximum Gasteiger partial charge on any atom is 0.303 e. The predicted octanol–water partition coefficient (Wildman–Crippen LogP) is 5.20. The molecule has 23 heavy (non-hydrogen) atoms. The van der Waals surface area contributed by atoms with E-state index in [4.69, 9.17) is 9.84 Å². The molecule has 3 nitrogen and oxygen atoms in total. The van der Waals surface area contributed by atoms with Crippen LogP contribution in [0.25, 0.3) is 0 Å². The topological polar surface area (TPSA) is 49.8 Å². The van der Waals surface area contributed by atoms with E-state index in [1.54, 1.807) is 0 Å². The first-order valence-electron chi connectivity index (χ1n) is 8.73. The third-order valence-electron chi connectivity index (χ3n) is 3.71. The van der Waals surface area contributed by atoms with E-state index in [0.717, 1.165) is 44.9 Å². The van der Waals surface area contributed by atoms with Crippen molar-refractivity contribution in [3.05, 3.63) is 48.6 Å². The molecule has 0 aromatic carbocycles. The van der Waals surface area contributed by atoms with Crippen molar-refractivity contribution in [2.45, 2.75) is 70.5 Å². The Kier molecular flexibility index (Phi) is 10.9. The average molecular weight is 318 g/mol. The molecule has 3 heteroatoms. The summed E-state index contributed by atoms with van der Waals surface area (Å²) in [5.41, 5.74) is 0. The molecule has 0 aromatic heterocycles. The summed E-state index contributed by atoms with van der Waals surface area (Å²) in [5, 5.41) is 8.50. The SMILES string of the molecule is CCC1OC1C/C=C\CC/C=C/C=C\C/C=C\CCCC(=O)O. The number of epoxide rings is 1. The van der Waals surface area contributed by atoms with Crippen LogP contribution in [0.4, 0.5) is 0 Å². The summed E-state index contributed by atoms with van der Waals surface area (Å²) >= 11 is 0. The molecule has 0 aliphatic carbocycles. The van der Waals surface area contributed by atoms with Gasteiger partial charge in [-0.05, 0) is 44.9 Å². The lowest BCUT2D eigenvalue weighted by Gasteiger charge is -1.89. The van der Waals surface area contributed by atoms with Crippen molar-refractivity contribution in [3.63, 3.8) is 0 Å². The third-order valence-corrected chi connectivity index (χ3v) is 3.71. The van der Waals surface area contributed by atoms with Gasteiger partial charge in [-0.3, -0.25) is 4.79 Å². The minimum Gasteiger partial charge on any atom is -0.481 e. The number of carboxylic acids is 1. The van der Waals surface area contributed by atoms with Crippen LogP contribution in [0.2, 0.25) is 0 Å². The highest BCUT2D eigenvalue weighted by molar-refractivity contribution is 5.66. The average Bonchev–Trinajstić information content (AvgIpc) is 3.29. The first kappa shape index (κ1) is 19.4. The second kappa shape index (κ2) is 12.9. The standard InChI is InChI=1S/C20H30O3/c1-2-18-19(23-18)16-14-12-10-8-6-4-3-5-7-9-11-13-15-17-20(21)22/h3-6,9,11-12,14,18-19H,2,7-8,10,13,15-17H2,1H3,(H,21,22)/b5-3-,6-4+,11-9-,14-12-. The highest BCUT2D eigenvalue weighted by atomic mass is 16.6. The molecule has 0 aromatic rings. The van der Waals surface area contributed by atoms with Crippen LogP contribution in [0.15, 0.2) is 48.6 Å². The Balaban J connectivity index is 1.90. The molecule has 1 aliphatic heterocycles. The predicted molar refractivity (Wildman–Crippen MR) is 95.5 cm³/mol. The van der Waals surface area contributed by atoms with Gasteiger partial charge in [0.15, 0.2) is 0 Å². The fourth-order valence-electron chi connectivity index (χ4n) is 2.28. The summed E-state index contributed by atoms with van der Waals surface area (Å²) in [5.74, 6) is -0.718. The quantitative estimate of drug-likeness (QED) is 0.220. The minimum absolute atomic E-state index is 0.254. The zero-order valence-corrected chi connectivity index (χ0v) is 14.2. The lowest BCUT2D eigenvalue weighted by atomic mass is 10.2. The highest BCUT2D eigenvalue weighted by Crippen LogP contribution is 2.28. The summed E-state index contributed by atoms with van der Waals surface area (Å²) in [4.78, 5) is 10.3. The fourth-order valence-corrected chi connectivity index (χ4v) is 2.28. The van der Waals surface area contributed by atoms with E-state index in [1.165, 1.54) is 0 Å². The number of carboxylic acid groups (broad SMARTS) is 1. The number of rotatable bonds is 13. The molecule has 1 aliphatic rings. The smallest absolute Gasteiger partial charge is 0.303 e. The van der Waals surface area contributed by atoms with Gasteiger partial charge in [-0.25, -0.2) is 0 Å².